The molecule has 0 fully saturated rings. The molecule has 0 aliphatic carbocycles. The summed E-state index contributed by atoms with van der Waals surface area (Å²) >= 11 is 10.2. The Hall–Kier alpha value is -2.72. The summed E-state index contributed by atoms with van der Waals surface area (Å²) in [5.74, 6) is -3.85. The molecule has 2 aromatic rings. The van der Waals surface area contributed by atoms with Crippen molar-refractivity contribution in [1.29, 1.82) is 0 Å². The number of nitrogens with zero attached hydrogens (tertiary/aromatic N) is 2. The van der Waals surface area contributed by atoms with Crippen LogP contribution in [0.15, 0.2) is 36.4 Å². The third-order valence-electron chi connectivity index (χ3n) is 4.23. The van der Waals surface area contributed by atoms with Crippen LogP contribution in [-0.2, 0) is 9.59 Å². The van der Waals surface area contributed by atoms with Gasteiger partial charge in [0.05, 0.1) is 19.5 Å². The minimum atomic E-state index is -0.735. The van der Waals surface area contributed by atoms with Crippen LogP contribution in [0.5, 0.6) is 0 Å². The van der Waals surface area contributed by atoms with Gasteiger partial charge in [0.15, 0.2) is 11.6 Å². The summed E-state index contributed by atoms with van der Waals surface area (Å²) in [6, 6.07) is 5.59. The Morgan fingerprint density at radius 2 is 1.10 bits per heavy atom. The lowest BCUT2D eigenvalue weighted by atomic mass is 10.1. The van der Waals surface area contributed by atoms with Crippen LogP contribution in [0.3, 0.4) is 0 Å². The summed E-state index contributed by atoms with van der Waals surface area (Å²) < 4.78 is 54.4. The molecule has 0 radical (unpaired) electrons. The van der Waals surface area contributed by atoms with Gasteiger partial charge in [-0.1, -0.05) is 24.4 Å². The number of rotatable bonds is 8. The second kappa shape index (κ2) is 10.5. The average Bonchev–Trinajstić information content (AvgIpc) is 2.70. The first-order valence-electron chi connectivity index (χ1n) is 8.94. The summed E-state index contributed by atoms with van der Waals surface area (Å²) in [7, 11) is 2.84. The maximum Gasteiger partial charge on any atom is 0.159 e. The highest BCUT2D eigenvalue weighted by atomic mass is 32.1. The van der Waals surface area contributed by atoms with Crippen molar-refractivity contribution in [2.45, 2.75) is 6.42 Å². The van der Waals surface area contributed by atoms with Crippen molar-refractivity contribution in [3.8, 4) is 0 Å². The van der Waals surface area contributed by atoms with E-state index in [9.17, 15) is 27.2 Å². The second-order valence-corrected chi connectivity index (χ2v) is 7.60. The zero-order valence-corrected chi connectivity index (χ0v) is 18.3. The molecule has 0 N–H and O–H groups in total. The number of hydrogen-bond acceptors (Lipinski definition) is 4. The fourth-order valence-corrected chi connectivity index (χ4v) is 3.18. The molecule has 164 valence electrons. The molecule has 0 unspecified atom stereocenters. The van der Waals surface area contributed by atoms with Crippen molar-refractivity contribution in [2.75, 3.05) is 27.2 Å². The van der Waals surface area contributed by atoms with Crippen LogP contribution in [0.2, 0.25) is 0 Å². The number of likely N-dealkylation sites (N-methyl/N-ethyl adjacent to an activating group) is 2. The van der Waals surface area contributed by atoms with Gasteiger partial charge in [-0.2, -0.15) is 0 Å². The van der Waals surface area contributed by atoms with Gasteiger partial charge in [-0.05, 0) is 36.4 Å². The fourth-order valence-electron chi connectivity index (χ4n) is 2.74. The van der Waals surface area contributed by atoms with Crippen molar-refractivity contribution < 1.29 is 27.2 Å². The first-order valence-corrected chi connectivity index (χ1v) is 9.75. The van der Waals surface area contributed by atoms with Crippen LogP contribution >= 0.6 is 24.4 Å². The van der Waals surface area contributed by atoms with Crippen LogP contribution in [0.25, 0.3) is 0 Å². The Balaban J connectivity index is 1.93. The van der Waals surface area contributed by atoms with E-state index in [-0.39, 0.29) is 34.2 Å². The fraction of sp³-hybridized carbons (Fsp3) is 0.238. The Bertz CT molecular complexity index is 965. The maximum absolute atomic E-state index is 13.9. The van der Waals surface area contributed by atoms with Crippen molar-refractivity contribution in [1.82, 2.24) is 9.80 Å². The van der Waals surface area contributed by atoms with Gasteiger partial charge in [-0.25, -0.2) is 17.6 Å². The first-order chi connectivity index (χ1) is 14.5. The molecule has 0 aliphatic rings. The molecule has 0 heterocycles. The van der Waals surface area contributed by atoms with E-state index < -0.39 is 41.3 Å². The molecule has 0 aromatic heterocycles. The molecule has 0 amide bonds. The van der Waals surface area contributed by atoms with Crippen LogP contribution in [0.1, 0.15) is 17.5 Å². The smallest absolute Gasteiger partial charge is 0.159 e. The molecular weight excluding hydrogens is 452 g/mol. The van der Waals surface area contributed by atoms with Gasteiger partial charge < -0.3 is 9.80 Å². The molecule has 0 aliphatic heterocycles. The lowest BCUT2D eigenvalue weighted by molar-refractivity contribution is -0.127. The van der Waals surface area contributed by atoms with Gasteiger partial charge in [-0.3, -0.25) is 9.59 Å². The SMILES string of the molecule is CN(CC(=O)CC(=O)CN(C)C(=S)c1cc(F)ccc1F)C(=S)c1cc(F)ccc1F. The van der Waals surface area contributed by atoms with Crippen LogP contribution in [-0.4, -0.2) is 58.5 Å². The monoisotopic (exact) mass is 470 g/mol. The number of benzene rings is 2. The number of Topliss-reactive ketones (excluding diaryl/α,β-unsaturated/α-hetero) is 2. The molecule has 0 bridgehead atoms. The van der Waals surface area contributed by atoms with Gasteiger partial charge in [0.1, 0.15) is 33.2 Å². The highest BCUT2D eigenvalue weighted by molar-refractivity contribution is 7.80. The van der Waals surface area contributed by atoms with E-state index in [0.717, 1.165) is 36.4 Å². The van der Waals surface area contributed by atoms with Gasteiger partial charge >= 0.3 is 0 Å². The molecule has 2 aromatic carbocycles. The lowest BCUT2D eigenvalue weighted by Crippen LogP contribution is -2.36. The molecule has 0 saturated carbocycles. The van der Waals surface area contributed by atoms with Gasteiger partial charge in [0, 0.05) is 25.2 Å². The van der Waals surface area contributed by atoms with Crippen LogP contribution < -0.4 is 0 Å². The lowest BCUT2D eigenvalue weighted by Gasteiger charge is -2.21. The van der Waals surface area contributed by atoms with E-state index in [4.69, 9.17) is 24.4 Å². The van der Waals surface area contributed by atoms with Crippen LogP contribution in [0.4, 0.5) is 17.6 Å². The first kappa shape index (κ1) is 24.5. The zero-order valence-electron chi connectivity index (χ0n) is 16.6. The predicted octanol–water partition coefficient (Wildman–Crippen LogP) is 3.69. The molecule has 0 spiro atoms. The summed E-state index contributed by atoms with van der Waals surface area (Å²) in [4.78, 5) is 26.7. The van der Waals surface area contributed by atoms with E-state index in [2.05, 4.69) is 0 Å². The zero-order chi connectivity index (χ0) is 23.3. The normalized spacial score (nSPS) is 10.5. The number of hydrogen-bond donors (Lipinski definition) is 0. The Labute approximate surface area is 187 Å². The number of carbonyl (C=O) groups excluding carboxylic acids is 2. The molecule has 10 heteroatoms. The number of halogens is 4. The third-order valence-corrected chi connectivity index (χ3v) is 5.30. The quantitative estimate of drug-likeness (QED) is 0.333. The summed E-state index contributed by atoms with van der Waals surface area (Å²) in [6.07, 6.45) is -0.475. The summed E-state index contributed by atoms with van der Waals surface area (Å²) in [5.41, 5.74) is -0.336. The van der Waals surface area contributed by atoms with Crippen LogP contribution in [0, 0.1) is 23.3 Å². The predicted molar refractivity (Wildman–Crippen MR) is 116 cm³/mol. The average molecular weight is 471 g/mol. The van der Waals surface area contributed by atoms with Gasteiger partial charge in [-0.15, -0.1) is 0 Å². The third kappa shape index (κ3) is 6.63. The molecule has 31 heavy (non-hydrogen) atoms. The molecule has 4 nitrogen and oxygen atoms in total. The van der Waals surface area contributed by atoms with E-state index in [1.807, 2.05) is 0 Å². The van der Waals surface area contributed by atoms with Crippen molar-refractivity contribution in [3.63, 3.8) is 0 Å². The second-order valence-electron chi connectivity index (χ2n) is 6.82. The summed E-state index contributed by atoms with van der Waals surface area (Å²) in [6.45, 7) is -0.597. The highest BCUT2D eigenvalue weighted by Crippen LogP contribution is 2.14. The Kier molecular flexibility index (Phi) is 8.35. The number of carbonyl (C=O) groups is 2. The van der Waals surface area contributed by atoms with Crippen molar-refractivity contribution in [3.05, 3.63) is 70.8 Å². The Morgan fingerprint density at radius 1 is 0.742 bits per heavy atom. The van der Waals surface area contributed by atoms with Gasteiger partial charge in [0.2, 0.25) is 0 Å². The standard InChI is InChI=1S/C21H18F4N2O2S2/c1-26(20(30)16-7-12(22)3-5-18(16)24)10-14(28)9-15(29)11-27(2)21(31)17-8-13(23)4-6-19(17)25/h3-8H,9-11H2,1-2H3. The number of ketones is 2. The van der Waals surface area contributed by atoms with E-state index >= 15 is 0 Å². The topological polar surface area (TPSA) is 40.6 Å². The van der Waals surface area contributed by atoms with E-state index in [1.54, 1.807) is 0 Å². The highest BCUT2D eigenvalue weighted by Gasteiger charge is 2.20. The largest absolute Gasteiger partial charge is 0.358 e. The van der Waals surface area contributed by atoms with Crippen molar-refractivity contribution in [2.24, 2.45) is 0 Å². The minimum absolute atomic E-state index is 0.0855. The number of thiocarbonyl (C=S) groups is 2. The molecular formula is C21H18F4N2O2S2. The van der Waals surface area contributed by atoms with Gasteiger partial charge in [0.25, 0.3) is 0 Å². The van der Waals surface area contributed by atoms with E-state index in [0.29, 0.717) is 0 Å². The molecule has 0 atom stereocenters. The van der Waals surface area contributed by atoms with Crippen molar-refractivity contribution >= 4 is 46.0 Å². The molecule has 0 saturated heterocycles. The Morgan fingerprint density at radius 3 is 1.45 bits per heavy atom. The maximum atomic E-state index is 13.9. The molecule has 2 rings (SSSR count). The summed E-state index contributed by atoms with van der Waals surface area (Å²) in [5, 5.41) is 0. The van der Waals surface area contributed by atoms with E-state index in [1.165, 1.54) is 23.9 Å². The minimum Gasteiger partial charge on any atom is -0.358 e.